The predicted molar refractivity (Wildman–Crippen MR) is 137 cm³/mol. The van der Waals surface area contributed by atoms with Crippen molar-refractivity contribution in [2.45, 2.75) is 68.9 Å². The molecule has 34 heavy (non-hydrogen) atoms. The van der Waals surface area contributed by atoms with Gasteiger partial charge in [0.05, 0.1) is 34.9 Å². The standard InChI is InChI=1S/C24H33N5O3S2/c1-14-20(29-23(25-14)33-21(26-29)24(2,3)22(31)28(4)5)15-7-12-18(32-6)19(13-15)34-27-16-8-10-17(30)11-9-16/h7,12-13,16-17,27,30H,8-11H2,1-6H3. The Labute approximate surface area is 208 Å². The van der Waals surface area contributed by atoms with Crippen molar-refractivity contribution in [2.75, 3.05) is 21.2 Å². The number of nitrogens with zero attached hydrogens (tertiary/aromatic N) is 4. The molecule has 1 aromatic carbocycles. The number of aliphatic hydroxyl groups excluding tert-OH is 1. The Hall–Kier alpha value is -2.14. The second-order valence-electron chi connectivity index (χ2n) is 9.56. The summed E-state index contributed by atoms with van der Waals surface area (Å²) in [4.78, 5) is 20.8. The summed E-state index contributed by atoms with van der Waals surface area (Å²) in [6, 6.07) is 6.45. The summed E-state index contributed by atoms with van der Waals surface area (Å²) in [5.74, 6) is 0.805. The lowest BCUT2D eigenvalue weighted by molar-refractivity contribution is -0.133. The SMILES string of the molecule is COc1ccc(-c2c(C)nc3sc(C(C)(C)C(=O)N(C)C)nn23)cc1SNC1CCC(O)CC1. The highest BCUT2D eigenvalue weighted by molar-refractivity contribution is 7.97. The topological polar surface area (TPSA) is 92.0 Å². The maximum absolute atomic E-state index is 12.7. The number of methoxy groups -OCH3 is 1. The van der Waals surface area contributed by atoms with Gasteiger partial charge in [0.25, 0.3) is 0 Å². The lowest BCUT2D eigenvalue weighted by Gasteiger charge is -2.26. The molecule has 10 heteroatoms. The van der Waals surface area contributed by atoms with Gasteiger partial charge in [-0.1, -0.05) is 11.3 Å². The van der Waals surface area contributed by atoms with Gasteiger partial charge in [0.15, 0.2) is 0 Å². The van der Waals surface area contributed by atoms with Gasteiger partial charge in [0.2, 0.25) is 10.9 Å². The number of aromatic nitrogens is 3. The number of rotatable bonds is 7. The van der Waals surface area contributed by atoms with Crippen LogP contribution in [0.2, 0.25) is 0 Å². The van der Waals surface area contributed by atoms with Crippen LogP contribution < -0.4 is 9.46 Å². The second kappa shape index (κ2) is 9.85. The molecule has 2 aromatic heterocycles. The number of carbonyl (C=O) groups is 1. The molecule has 1 saturated carbocycles. The molecule has 0 aliphatic heterocycles. The molecule has 2 heterocycles. The molecule has 1 aliphatic carbocycles. The molecular formula is C24H33N5O3S2. The molecule has 1 fully saturated rings. The second-order valence-corrected chi connectivity index (χ2v) is 11.4. The highest BCUT2D eigenvalue weighted by Crippen LogP contribution is 2.37. The van der Waals surface area contributed by atoms with Crippen molar-refractivity contribution < 1.29 is 14.6 Å². The summed E-state index contributed by atoms with van der Waals surface area (Å²) in [6.45, 7) is 5.78. The van der Waals surface area contributed by atoms with E-state index in [4.69, 9.17) is 14.8 Å². The van der Waals surface area contributed by atoms with Gasteiger partial charge in [-0.25, -0.2) is 9.50 Å². The minimum atomic E-state index is -0.738. The van der Waals surface area contributed by atoms with Crippen LogP contribution in [0.3, 0.4) is 0 Å². The van der Waals surface area contributed by atoms with E-state index in [1.165, 1.54) is 11.3 Å². The number of carbonyl (C=O) groups excluding carboxylic acids is 1. The monoisotopic (exact) mass is 503 g/mol. The Morgan fingerprint density at radius 3 is 2.65 bits per heavy atom. The van der Waals surface area contributed by atoms with Gasteiger partial charge in [-0.3, -0.25) is 9.52 Å². The van der Waals surface area contributed by atoms with Gasteiger partial charge in [0.1, 0.15) is 10.8 Å². The first-order valence-corrected chi connectivity index (χ1v) is 13.1. The number of imidazole rings is 1. The van der Waals surface area contributed by atoms with Crippen LogP contribution in [0.25, 0.3) is 16.2 Å². The van der Waals surface area contributed by atoms with E-state index in [-0.39, 0.29) is 12.0 Å². The number of likely N-dealkylation sites (N-methyl/N-ethyl adjacent to an activating group) is 1. The van der Waals surface area contributed by atoms with Crippen LogP contribution in [0.4, 0.5) is 0 Å². The largest absolute Gasteiger partial charge is 0.496 e. The summed E-state index contributed by atoms with van der Waals surface area (Å²) in [7, 11) is 5.20. The molecule has 0 radical (unpaired) electrons. The van der Waals surface area contributed by atoms with Crippen LogP contribution in [0.15, 0.2) is 23.1 Å². The molecule has 1 amide bonds. The number of fused-ring (bicyclic) bond motifs is 1. The summed E-state index contributed by atoms with van der Waals surface area (Å²) < 4.78 is 11.0. The smallest absolute Gasteiger partial charge is 0.234 e. The Kier molecular flexibility index (Phi) is 7.23. The van der Waals surface area contributed by atoms with E-state index in [0.717, 1.165) is 63.2 Å². The molecule has 0 saturated heterocycles. The van der Waals surface area contributed by atoms with Gasteiger partial charge in [0, 0.05) is 25.7 Å². The van der Waals surface area contributed by atoms with Gasteiger partial charge < -0.3 is 14.7 Å². The fourth-order valence-corrected chi connectivity index (χ4v) is 6.33. The van der Waals surface area contributed by atoms with Crippen LogP contribution in [0.1, 0.15) is 50.2 Å². The highest BCUT2D eigenvalue weighted by Gasteiger charge is 2.35. The van der Waals surface area contributed by atoms with Crippen LogP contribution in [0, 0.1) is 6.92 Å². The molecular weight excluding hydrogens is 470 g/mol. The molecule has 0 unspecified atom stereocenters. The lowest BCUT2D eigenvalue weighted by atomic mass is 9.93. The quantitative estimate of drug-likeness (QED) is 0.470. The molecule has 2 N–H and O–H groups in total. The fourth-order valence-electron chi connectivity index (χ4n) is 4.33. The minimum absolute atomic E-state index is 0.00668. The van der Waals surface area contributed by atoms with Crippen molar-refractivity contribution in [2.24, 2.45) is 0 Å². The summed E-state index contributed by atoms with van der Waals surface area (Å²) >= 11 is 3.02. The number of hydrogen-bond acceptors (Lipinski definition) is 8. The number of ether oxygens (including phenoxy) is 1. The van der Waals surface area contributed by atoms with Crippen molar-refractivity contribution in [1.29, 1.82) is 0 Å². The Morgan fingerprint density at radius 2 is 2.00 bits per heavy atom. The van der Waals surface area contributed by atoms with E-state index in [2.05, 4.69) is 10.8 Å². The third-order valence-electron chi connectivity index (χ3n) is 6.32. The molecule has 0 bridgehead atoms. The Morgan fingerprint density at radius 1 is 1.29 bits per heavy atom. The van der Waals surface area contributed by atoms with E-state index in [1.54, 1.807) is 38.1 Å². The molecule has 3 aromatic rings. The van der Waals surface area contributed by atoms with Crippen LogP contribution in [-0.2, 0) is 10.2 Å². The number of benzene rings is 1. The molecule has 184 valence electrons. The third-order valence-corrected chi connectivity index (χ3v) is 8.54. The number of aryl methyl sites for hydroxylation is 1. The van der Waals surface area contributed by atoms with Crippen LogP contribution in [0.5, 0.6) is 5.75 Å². The van der Waals surface area contributed by atoms with E-state index >= 15 is 0 Å². The molecule has 1 aliphatic rings. The molecule has 4 rings (SSSR count). The first-order valence-electron chi connectivity index (χ1n) is 11.5. The molecule has 0 spiro atoms. The number of hydrogen-bond donors (Lipinski definition) is 2. The van der Waals surface area contributed by atoms with Crippen molar-refractivity contribution in [1.82, 2.24) is 24.2 Å². The normalized spacial score (nSPS) is 18.9. The summed E-state index contributed by atoms with van der Waals surface area (Å²) in [6.07, 6.45) is 3.42. The Bertz CT molecular complexity index is 1180. The average Bonchev–Trinajstić information content (AvgIpc) is 3.35. The minimum Gasteiger partial charge on any atom is -0.496 e. The van der Waals surface area contributed by atoms with E-state index in [0.29, 0.717) is 6.04 Å². The number of aliphatic hydroxyl groups is 1. The first-order chi connectivity index (χ1) is 16.1. The maximum atomic E-state index is 12.7. The van der Waals surface area contributed by atoms with E-state index < -0.39 is 5.41 Å². The van der Waals surface area contributed by atoms with Crippen molar-refractivity contribution >= 4 is 34.2 Å². The van der Waals surface area contributed by atoms with E-state index in [1.807, 2.05) is 37.4 Å². The van der Waals surface area contributed by atoms with Crippen molar-refractivity contribution in [3.8, 4) is 17.0 Å². The zero-order valence-corrected chi connectivity index (χ0v) is 22.2. The maximum Gasteiger partial charge on any atom is 0.234 e. The zero-order valence-electron chi connectivity index (χ0n) is 20.6. The van der Waals surface area contributed by atoms with Crippen molar-refractivity contribution in [3.05, 3.63) is 28.9 Å². The number of amides is 1. The van der Waals surface area contributed by atoms with E-state index in [9.17, 15) is 9.90 Å². The number of nitrogens with one attached hydrogen (secondary N) is 1. The first kappa shape index (κ1) is 25.0. The van der Waals surface area contributed by atoms with Gasteiger partial charge in [-0.2, -0.15) is 5.10 Å². The van der Waals surface area contributed by atoms with Crippen LogP contribution >= 0.6 is 23.3 Å². The van der Waals surface area contributed by atoms with Gasteiger partial charge >= 0.3 is 0 Å². The zero-order chi connectivity index (χ0) is 24.6. The average molecular weight is 504 g/mol. The molecule has 0 atom stereocenters. The fraction of sp³-hybridized carbons (Fsp3) is 0.542. The van der Waals surface area contributed by atoms with Crippen LogP contribution in [-0.4, -0.2) is 63.9 Å². The Balaban J connectivity index is 1.65. The summed E-state index contributed by atoms with van der Waals surface area (Å²) in [5, 5.41) is 15.3. The predicted octanol–water partition coefficient (Wildman–Crippen LogP) is 4.04. The summed E-state index contributed by atoms with van der Waals surface area (Å²) in [5.41, 5.74) is 2.05. The van der Waals surface area contributed by atoms with Gasteiger partial charge in [-0.05, 0) is 76.6 Å². The lowest BCUT2D eigenvalue weighted by Crippen LogP contribution is -2.39. The highest BCUT2D eigenvalue weighted by atomic mass is 32.2. The van der Waals surface area contributed by atoms with Gasteiger partial charge in [-0.15, -0.1) is 0 Å². The van der Waals surface area contributed by atoms with Crippen molar-refractivity contribution in [3.63, 3.8) is 0 Å². The third kappa shape index (κ3) is 4.82. The molecule has 8 nitrogen and oxygen atoms in total.